The van der Waals surface area contributed by atoms with E-state index in [9.17, 15) is 14.4 Å². The molecule has 23 heteroatoms. The minimum absolute atomic E-state index is 0.190. The summed E-state index contributed by atoms with van der Waals surface area (Å²) in [6, 6.07) is 10.4. The molecule has 71 heavy (non-hydrogen) atoms. The number of nitrogens with two attached hydrogens (primary N) is 1. The highest BCUT2D eigenvalue weighted by Crippen LogP contribution is 2.35. The molecule has 1 fully saturated rings. The number of imidazole rings is 2. The van der Waals surface area contributed by atoms with Gasteiger partial charge >= 0.3 is 0 Å². The molecule has 3 amide bonds. The molecule has 1 aliphatic heterocycles. The van der Waals surface area contributed by atoms with Gasteiger partial charge in [-0.2, -0.15) is 10.2 Å². The maximum absolute atomic E-state index is 14.0. The fourth-order valence-corrected chi connectivity index (χ4v) is 8.43. The Morgan fingerprint density at radius 2 is 1.38 bits per heavy atom. The number of carbonyl (C=O) groups is 3. The third kappa shape index (κ3) is 11.6. The largest absolute Gasteiger partial charge is 0.494 e. The SMILES string of the molecule is CCn1nc(C)cc1C(=O)Nc1nc2cc(-c3cn(CCOCCOC)nn3)cc(OC)c2n1C/C=C/Cn1c(NC(=O)c2cc(C)nn2CC)nc2cc(C(N)=O)cc(OCCCN3CCOCC3)c21. The Labute approximate surface area is 409 Å². The van der Waals surface area contributed by atoms with Crippen LogP contribution in [0.2, 0.25) is 0 Å². The number of benzene rings is 2. The van der Waals surface area contributed by atoms with Crippen LogP contribution in [-0.2, 0) is 46.9 Å². The summed E-state index contributed by atoms with van der Waals surface area (Å²) in [5, 5.41) is 23.7. The van der Waals surface area contributed by atoms with Crippen LogP contribution < -0.4 is 25.8 Å². The highest BCUT2D eigenvalue weighted by molar-refractivity contribution is 6.05. The maximum Gasteiger partial charge on any atom is 0.276 e. The molecule has 1 saturated heterocycles. The normalized spacial score (nSPS) is 13.2. The number of primary amides is 1. The van der Waals surface area contributed by atoms with Crippen molar-refractivity contribution < 1.29 is 38.1 Å². The van der Waals surface area contributed by atoms with Crippen LogP contribution >= 0.6 is 0 Å². The molecule has 0 spiro atoms. The second-order valence-electron chi connectivity index (χ2n) is 16.8. The molecular weight excluding hydrogens is 915 g/mol. The lowest BCUT2D eigenvalue weighted by Crippen LogP contribution is -2.37. The summed E-state index contributed by atoms with van der Waals surface area (Å²) in [6.45, 7) is 15.0. The number of hydrogen-bond acceptors (Lipinski definition) is 15. The fourth-order valence-electron chi connectivity index (χ4n) is 8.43. The van der Waals surface area contributed by atoms with Crippen molar-refractivity contribution in [3.63, 3.8) is 0 Å². The summed E-state index contributed by atoms with van der Waals surface area (Å²) in [6.07, 6.45) is 6.36. The fraction of sp³-hybridized carbons (Fsp3) is 0.438. The lowest BCUT2D eigenvalue weighted by Gasteiger charge is -2.26. The number of allylic oxidation sites excluding steroid dienone is 2. The zero-order valence-electron chi connectivity index (χ0n) is 41.0. The van der Waals surface area contributed by atoms with Gasteiger partial charge in [0.05, 0.1) is 81.9 Å². The number of anilines is 2. The van der Waals surface area contributed by atoms with Crippen LogP contribution in [0.4, 0.5) is 11.9 Å². The van der Waals surface area contributed by atoms with E-state index in [0.29, 0.717) is 133 Å². The monoisotopic (exact) mass is 975 g/mol. The lowest BCUT2D eigenvalue weighted by molar-refractivity contribution is 0.0358. The number of amides is 3. The zero-order valence-corrected chi connectivity index (χ0v) is 41.0. The van der Waals surface area contributed by atoms with Crippen molar-refractivity contribution in [2.75, 3.05) is 84.1 Å². The maximum atomic E-state index is 14.0. The second kappa shape index (κ2) is 23.0. The summed E-state index contributed by atoms with van der Waals surface area (Å²) < 4.78 is 37.3. The van der Waals surface area contributed by atoms with Gasteiger partial charge < -0.3 is 38.6 Å². The van der Waals surface area contributed by atoms with Crippen LogP contribution in [-0.4, -0.2) is 150 Å². The van der Waals surface area contributed by atoms with E-state index in [2.05, 4.69) is 36.0 Å². The van der Waals surface area contributed by atoms with Crippen LogP contribution in [0.25, 0.3) is 33.3 Å². The second-order valence-corrected chi connectivity index (χ2v) is 16.8. The smallest absolute Gasteiger partial charge is 0.276 e. The average Bonchev–Trinajstić information content (AvgIpc) is 4.21. The minimum Gasteiger partial charge on any atom is -0.494 e. The van der Waals surface area contributed by atoms with Crippen LogP contribution in [0.5, 0.6) is 11.5 Å². The van der Waals surface area contributed by atoms with Crippen molar-refractivity contribution in [3.05, 3.63) is 83.1 Å². The van der Waals surface area contributed by atoms with Gasteiger partial charge in [-0.1, -0.05) is 17.4 Å². The number of hydrogen-bond donors (Lipinski definition) is 3. The Morgan fingerprint density at radius 1 is 0.761 bits per heavy atom. The summed E-state index contributed by atoms with van der Waals surface area (Å²) in [7, 11) is 3.20. The zero-order chi connectivity index (χ0) is 50.0. The molecular formula is C48H61N15O8. The Kier molecular flexibility index (Phi) is 16.2. The number of carbonyl (C=O) groups excluding carboxylic acids is 3. The van der Waals surface area contributed by atoms with E-state index in [1.165, 1.54) is 0 Å². The van der Waals surface area contributed by atoms with Gasteiger partial charge in [0.1, 0.15) is 39.6 Å². The van der Waals surface area contributed by atoms with E-state index >= 15 is 0 Å². The number of fused-ring (bicyclic) bond motifs is 2. The third-order valence-corrected chi connectivity index (χ3v) is 11.9. The summed E-state index contributed by atoms with van der Waals surface area (Å²) in [5.74, 6) is -0.104. The van der Waals surface area contributed by atoms with E-state index in [4.69, 9.17) is 39.4 Å². The van der Waals surface area contributed by atoms with Crippen molar-refractivity contribution in [1.29, 1.82) is 0 Å². The van der Waals surface area contributed by atoms with E-state index in [1.807, 2.05) is 67.3 Å². The number of nitrogens with zero attached hydrogens (tertiary/aromatic N) is 12. The molecule has 0 radical (unpaired) electrons. The molecule has 4 N–H and O–H groups in total. The molecule has 23 nitrogen and oxygen atoms in total. The number of rotatable bonds is 24. The molecule has 0 bridgehead atoms. The number of methoxy groups -OCH3 is 2. The van der Waals surface area contributed by atoms with Crippen LogP contribution in [0.3, 0.4) is 0 Å². The van der Waals surface area contributed by atoms with Gasteiger partial charge in [-0.3, -0.25) is 39.3 Å². The van der Waals surface area contributed by atoms with Gasteiger partial charge in [-0.05, 0) is 70.5 Å². The van der Waals surface area contributed by atoms with Crippen LogP contribution in [0.15, 0.2) is 54.7 Å². The molecule has 8 rings (SSSR count). The molecule has 1 aliphatic rings. The molecule has 0 aliphatic carbocycles. The van der Waals surface area contributed by atoms with Gasteiger partial charge in [0.2, 0.25) is 17.8 Å². The topological polar surface area (TPSA) is 253 Å². The van der Waals surface area contributed by atoms with Gasteiger partial charge in [0, 0.05) is 64.0 Å². The standard InChI is InChI=1S/C48H61N15O8/c1-7-62-38(24-31(3)55-62)45(65)52-47-50-35-26-33(37-30-59(57-54-37)17-21-70-23-22-67-5)28-40(68-6)42(35)60(47)13-9-10-14-61-43-36(51-48(61)53-46(66)39-25-32(4)56-63(39)8-2)27-34(44(49)64)29-41(43)71-18-11-12-58-15-19-69-20-16-58/h9-10,24-30H,7-8,11-23H2,1-6H3,(H2,49,64)(H,50,52,65)(H,51,53,66)/b10-9+. The molecule has 5 aromatic heterocycles. The highest BCUT2D eigenvalue weighted by atomic mass is 16.5. The first-order valence-electron chi connectivity index (χ1n) is 23.7. The van der Waals surface area contributed by atoms with E-state index < -0.39 is 11.8 Å². The van der Waals surface area contributed by atoms with E-state index in [0.717, 1.165) is 19.6 Å². The number of aryl methyl sites for hydroxylation is 4. The molecule has 0 atom stereocenters. The molecule has 376 valence electrons. The molecule has 6 heterocycles. The molecule has 0 saturated carbocycles. The van der Waals surface area contributed by atoms with Crippen molar-refractivity contribution >= 4 is 51.7 Å². The predicted octanol–water partition coefficient (Wildman–Crippen LogP) is 4.33. The van der Waals surface area contributed by atoms with Crippen LogP contribution in [0.1, 0.15) is 63.0 Å². The Bertz CT molecular complexity index is 3030. The van der Waals surface area contributed by atoms with E-state index in [-0.39, 0.29) is 36.5 Å². The number of ether oxygens (including phenoxy) is 5. The van der Waals surface area contributed by atoms with E-state index in [1.54, 1.807) is 52.5 Å². The third-order valence-electron chi connectivity index (χ3n) is 11.9. The molecule has 7 aromatic rings. The Hall–Kier alpha value is -7.47. The minimum atomic E-state index is -0.648. The van der Waals surface area contributed by atoms with Crippen molar-refractivity contribution in [3.8, 4) is 22.8 Å². The van der Waals surface area contributed by atoms with Gasteiger partial charge in [0.15, 0.2) is 0 Å². The van der Waals surface area contributed by atoms with Crippen LogP contribution in [0, 0.1) is 13.8 Å². The first-order valence-corrected chi connectivity index (χ1v) is 23.7. The quantitative estimate of drug-likeness (QED) is 0.0563. The van der Waals surface area contributed by atoms with Gasteiger partial charge in [-0.25, -0.2) is 14.6 Å². The first-order chi connectivity index (χ1) is 34.5. The lowest BCUT2D eigenvalue weighted by atomic mass is 10.1. The van der Waals surface area contributed by atoms with Gasteiger partial charge in [-0.15, -0.1) is 5.10 Å². The van der Waals surface area contributed by atoms with Crippen molar-refractivity contribution in [2.24, 2.45) is 5.73 Å². The summed E-state index contributed by atoms with van der Waals surface area (Å²) in [5.41, 5.74) is 11.6. The van der Waals surface area contributed by atoms with Crippen molar-refractivity contribution in [2.45, 2.75) is 66.8 Å². The highest BCUT2D eigenvalue weighted by Gasteiger charge is 2.24. The Morgan fingerprint density at radius 3 is 1.97 bits per heavy atom. The van der Waals surface area contributed by atoms with Crippen molar-refractivity contribution in [1.82, 2.24) is 58.6 Å². The summed E-state index contributed by atoms with van der Waals surface area (Å²) >= 11 is 0. The van der Waals surface area contributed by atoms with Gasteiger partial charge in [0.25, 0.3) is 11.8 Å². The summed E-state index contributed by atoms with van der Waals surface area (Å²) in [4.78, 5) is 52.7. The molecule has 0 unspecified atom stereocenters. The average molecular weight is 976 g/mol. The number of nitrogens with one attached hydrogen (secondary N) is 2. The molecule has 2 aromatic carbocycles. The number of aromatic nitrogens is 11. The Balaban J connectivity index is 1.14. The first kappa shape index (κ1) is 49.9. The predicted molar refractivity (Wildman–Crippen MR) is 264 cm³/mol. The number of morpholine rings is 1.